The third kappa shape index (κ3) is 6.13. The standard InChI is InChI=1S/C27H33N3O5S/c1-18-9-11-20(12-10-18)27(35)30-14-13-29(23(31)16-21-8-5-15-36-21)26(30)25(34)28-22(17-24(32)33)19-6-3-2-4-7-19/h5,8-12,15,19,22,26H,2-4,6-7,13-14,16-17H2,1H3,(H,28,34)(H,32,33). The van der Waals surface area contributed by atoms with E-state index in [1.807, 2.05) is 36.6 Å². The summed E-state index contributed by atoms with van der Waals surface area (Å²) >= 11 is 1.47. The van der Waals surface area contributed by atoms with Crippen molar-refractivity contribution in [2.24, 2.45) is 5.92 Å². The lowest BCUT2D eigenvalue weighted by molar-refractivity contribution is -0.142. The number of nitrogens with one attached hydrogen (secondary N) is 1. The molecule has 2 heterocycles. The summed E-state index contributed by atoms with van der Waals surface area (Å²) in [5.41, 5.74) is 1.46. The van der Waals surface area contributed by atoms with Crippen molar-refractivity contribution in [2.75, 3.05) is 13.1 Å². The molecule has 2 aromatic rings. The van der Waals surface area contributed by atoms with Crippen LogP contribution < -0.4 is 5.32 Å². The molecule has 8 nitrogen and oxygen atoms in total. The van der Waals surface area contributed by atoms with Gasteiger partial charge in [0.1, 0.15) is 0 Å². The molecule has 2 fully saturated rings. The zero-order valence-corrected chi connectivity index (χ0v) is 21.3. The van der Waals surface area contributed by atoms with Gasteiger partial charge in [-0.15, -0.1) is 11.3 Å². The molecule has 2 N–H and O–H groups in total. The molecule has 1 aromatic heterocycles. The zero-order valence-electron chi connectivity index (χ0n) is 20.5. The lowest BCUT2D eigenvalue weighted by Crippen LogP contribution is -2.57. The van der Waals surface area contributed by atoms with E-state index >= 15 is 0 Å². The highest BCUT2D eigenvalue weighted by atomic mass is 32.1. The van der Waals surface area contributed by atoms with Crippen molar-refractivity contribution in [1.29, 1.82) is 0 Å². The molecule has 3 amide bonds. The highest BCUT2D eigenvalue weighted by Crippen LogP contribution is 2.29. The van der Waals surface area contributed by atoms with Gasteiger partial charge in [-0.05, 0) is 49.3 Å². The topological polar surface area (TPSA) is 107 Å². The van der Waals surface area contributed by atoms with Crippen LogP contribution in [0.5, 0.6) is 0 Å². The first-order valence-electron chi connectivity index (χ1n) is 12.5. The minimum Gasteiger partial charge on any atom is -0.481 e. The van der Waals surface area contributed by atoms with Crippen LogP contribution in [0.3, 0.4) is 0 Å². The molecule has 4 rings (SSSR count). The van der Waals surface area contributed by atoms with Gasteiger partial charge in [-0.1, -0.05) is 43.0 Å². The predicted molar refractivity (Wildman–Crippen MR) is 136 cm³/mol. The maximum Gasteiger partial charge on any atom is 0.305 e. The minimum atomic E-state index is -1.12. The summed E-state index contributed by atoms with van der Waals surface area (Å²) in [6.07, 6.45) is 3.68. The molecule has 0 radical (unpaired) electrons. The molecule has 1 aliphatic heterocycles. The van der Waals surface area contributed by atoms with Crippen molar-refractivity contribution < 1.29 is 24.3 Å². The van der Waals surface area contributed by atoms with Crippen molar-refractivity contribution in [2.45, 2.75) is 64.1 Å². The van der Waals surface area contributed by atoms with Crippen molar-refractivity contribution >= 4 is 35.0 Å². The number of hydrogen-bond acceptors (Lipinski definition) is 5. The van der Waals surface area contributed by atoms with E-state index in [0.717, 1.165) is 42.5 Å². The van der Waals surface area contributed by atoms with Crippen LogP contribution in [-0.4, -0.2) is 63.9 Å². The lowest BCUT2D eigenvalue weighted by atomic mass is 9.82. The smallest absolute Gasteiger partial charge is 0.305 e. The molecule has 192 valence electrons. The van der Waals surface area contributed by atoms with Crippen LogP contribution >= 0.6 is 11.3 Å². The van der Waals surface area contributed by atoms with Crippen LogP contribution in [0.15, 0.2) is 41.8 Å². The number of rotatable bonds is 8. The third-order valence-corrected chi connectivity index (χ3v) is 8.01. The number of amides is 3. The molecule has 1 saturated heterocycles. The van der Waals surface area contributed by atoms with Gasteiger partial charge in [0.15, 0.2) is 6.17 Å². The summed E-state index contributed by atoms with van der Waals surface area (Å²) in [5, 5.41) is 14.3. The molecule has 2 unspecified atom stereocenters. The fraction of sp³-hybridized carbons (Fsp3) is 0.481. The van der Waals surface area contributed by atoms with E-state index in [4.69, 9.17) is 0 Å². The Morgan fingerprint density at radius 3 is 2.36 bits per heavy atom. The molecule has 1 aliphatic carbocycles. The molecular weight excluding hydrogens is 478 g/mol. The quantitative estimate of drug-likeness (QED) is 0.565. The number of hydrogen-bond donors (Lipinski definition) is 2. The van der Waals surface area contributed by atoms with E-state index in [2.05, 4.69) is 5.32 Å². The molecule has 0 bridgehead atoms. The van der Waals surface area contributed by atoms with Gasteiger partial charge >= 0.3 is 5.97 Å². The molecule has 1 aromatic carbocycles. The summed E-state index contributed by atoms with van der Waals surface area (Å²) in [7, 11) is 0. The second-order valence-corrected chi connectivity index (χ2v) is 10.7. The Morgan fingerprint density at radius 2 is 1.72 bits per heavy atom. The Kier molecular flexibility index (Phi) is 8.40. The van der Waals surface area contributed by atoms with E-state index in [-0.39, 0.29) is 43.7 Å². The molecule has 36 heavy (non-hydrogen) atoms. The van der Waals surface area contributed by atoms with E-state index < -0.39 is 24.1 Å². The summed E-state index contributed by atoms with van der Waals surface area (Å²) in [6, 6.07) is 10.3. The maximum atomic E-state index is 13.7. The van der Waals surface area contributed by atoms with Crippen molar-refractivity contribution in [3.63, 3.8) is 0 Å². The van der Waals surface area contributed by atoms with E-state index in [9.17, 15) is 24.3 Å². The maximum absolute atomic E-state index is 13.7. The van der Waals surface area contributed by atoms with Gasteiger partial charge in [-0.3, -0.25) is 19.2 Å². The number of carboxylic acid groups (broad SMARTS) is 1. The fourth-order valence-corrected chi connectivity index (χ4v) is 5.92. The second-order valence-electron chi connectivity index (χ2n) is 9.69. The molecule has 9 heteroatoms. The summed E-state index contributed by atoms with van der Waals surface area (Å²) in [6.45, 7) is 2.40. The monoisotopic (exact) mass is 511 g/mol. The minimum absolute atomic E-state index is 0.0664. The number of carbonyl (C=O) groups is 4. The van der Waals surface area contributed by atoms with Gasteiger partial charge in [-0.25, -0.2) is 0 Å². The first-order chi connectivity index (χ1) is 17.3. The SMILES string of the molecule is Cc1ccc(C(=O)N2CCN(C(=O)Cc3cccs3)C2C(=O)NC(CC(=O)O)C2CCCCC2)cc1. The highest BCUT2D eigenvalue weighted by molar-refractivity contribution is 7.10. The van der Waals surface area contributed by atoms with Crippen LogP contribution in [0.2, 0.25) is 0 Å². The van der Waals surface area contributed by atoms with Crippen LogP contribution in [0.25, 0.3) is 0 Å². The van der Waals surface area contributed by atoms with Gasteiger partial charge in [0.05, 0.1) is 12.8 Å². The number of thiophene rings is 1. The van der Waals surface area contributed by atoms with Gasteiger partial charge < -0.3 is 20.2 Å². The first kappa shape index (κ1) is 25.9. The summed E-state index contributed by atoms with van der Waals surface area (Å²) in [5.74, 6) is -1.96. The van der Waals surface area contributed by atoms with Crippen molar-refractivity contribution in [1.82, 2.24) is 15.1 Å². The Morgan fingerprint density at radius 1 is 1.03 bits per heavy atom. The van der Waals surface area contributed by atoms with Gasteiger partial charge in [0.2, 0.25) is 5.91 Å². The van der Waals surface area contributed by atoms with Gasteiger partial charge in [0, 0.05) is 29.6 Å². The number of carboxylic acids is 1. The summed E-state index contributed by atoms with van der Waals surface area (Å²) in [4.78, 5) is 55.8. The van der Waals surface area contributed by atoms with Gasteiger partial charge in [-0.2, -0.15) is 0 Å². The van der Waals surface area contributed by atoms with Crippen LogP contribution in [0.1, 0.15) is 59.3 Å². The Hall–Kier alpha value is -3.20. The Bertz CT molecular complexity index is 1080. The average molecular weight is 512 g/mol. The molecular formula is C27H33N3O5S. The van der Waals surface area contributed by atoms with Crippen LogP contribution in [0, 0.1) is 12.8 Å². The first-order valence-corrected chi connectivity index (χ1v) is 13.4. The van der Waals surface area contributed by atoms with Crippen LogP contribution in [0.4, 0.5) is 0 Å². The second kappa shape index (κ2) is 11.7. The molecule has 2 atom stereocenters. The Labute approximate surface area is 215 Å². The number of aliphatic carboxylic acids is 1. The van der Waals surface area contributed by atoms with Crippen molar-refractivity contribution in [3.05, 3.63) is 57.8 Å². The number of nitrogens with zero attached hydrogens (tertiary/aromatic N) is 2. The van der Waals surface area contributed by atoms with E-state index in [1.165, 1.54) is 21.1 Å². The Balaban J connectivity index is 1.59. The lowest BCUT2D eigenvalue weighted by Gasteiger charge is -2.34. The average Bonchev–Trinajstić information content (AvgIpc) is 3.54. The number of aryl methyl sites for hydroxylation is 1. The molecule has 2 aliphatic rings. The number of benzene rings is 1. The third-order valence-electron chi connectivity index (χ3n) is 7.13. The highest BCUT2D eigenvalue weighted by Gasteiger charge is 2.44. The zero-order chi connectivity index (χ0) is 25.7. The normalized spacial score (nSPS) is 19.2. The predicted octanol–water partition coefficient (Wildman–Crippen LogP) is 3.45. The van der Waals surface area contributed by atoms with Crippen LogP contribution in [-0.2, 0) is 20.8 Å². The van der Waals surface area contributed by atoms with Crippen molar-refractivity contribution in [3.8, 4) is 0 Å². The van der Waals surface area contributed by atoms with E-state index in [1.54, 1.807) is 12.1 Å². The number of carbonyl (C=O) groups excluding carboxylic acids is 3. The molecule has 1 saturated carbocycles. The molecule has 0 spiro atoms. The van der Waals surface area contributed by atoms with Gasteiger partial charge in [0.25, 0.3) is 11.8 Å². The summed E-state index contributed by atoms with van der Waals surface area (Å²) < 4.78 is 0. The largest absolute Gasteiger partial charge is 0.481 e. The fourth-order valence-electron chi connectivity index (χ4n) is 5.23. The van der Waals surface area contributed by atoms with E-state index in [0.29, 0.717) is 5.56 Å².